The maximum atomic E-state index is 12.5. The molecule has 1 unspecified atom stereocenters. The number of hydrogen-bond acceptors (Lipinski definition) is 5. The highest BCUT2D eigenvalue weighted by atomic mass is 16.5. The molecule has 0 radical (unpaired) electrons. The van der Waals surface area contributed by atoms with Gasteiger partial charge in [-0.25, -0.2) is 0 Å². The molecule has 2 aliphatic rings. The number of rotatable bonds is 2. The molecule has 1 atom stereocenters. The van der Waals surface area contributed by atoms with E-state index in [1.807, 2.05) is 11.8 Å². The summed E-state index contributed by atoms with van der Waals surface area (Å²) < 4.78 is 5.09. The molecule has 2 saturated heterocycles. The second kappa shape index (κ2) is 5.54. The Morgan fingerprint density at radius 3 is 2.60 bits per heavy atom. The van der Waals surface area contributed by atoms with Crippen LogP contribution in [0.1, 0.15) is 28.2 Å². The Morgan fingerprint density at radius 1 is 1.30 bits per heavy atom. The van der Waals surface area contributed by atoms with E-state index in [1.54, 1.807) is 6.92 Å². The van der Waals surface area contributed by atoms with Crippen LogP contribution in [-0.4, -0.2) is 66.2 Å². The molecule has 20 heavy (non-hydrogen) atoms. The average molecular weight is 278 g/mol. The van der Waals surface area contributed by atoms with Crippen molar-refractivity contribution in [2.24, 2.45) is 0 Å². The fourth-order valence-corrected chi connectivity index (χ4v) is 3.19. The normalized spacial score (nSPS) is 24.3. The molecule has 3 rings (SSSR count). The molecule has 3 heterocycles. The number of nitrogens with zero attached hydrogens (tertiary/aromatic N) is 3. The van der Waals surface area contributed by atoms with Crippen LogP contribution in [0.5, 0.6) is 0 Å². The molecular formula is C14H22N4O2. The van der Waals surface area contributed by atoms with Gasteiger partial charge >= 0.3 is 0 Å². The summed E-state index contributed by atoms with van der Waals surface area (Å²) in [5, 5.41) is 7.27. The van der Waals surface area contributed by atoms with E-state index < -0.39 is 0 Å². The molecule has 6 nitrogen and oxygen atoms in total. The molecule has 1 amide bonds. The van der Waals surface area contributed by atoms with Crippen molar-refractivity contribution < 1.29 is 9.32 Å². The van der Waals surface area contributed by atoms with Crippen LogP contribution in [0, 0.1) is 13.8 Å². The predicted octanol–water partition coefficient (Wildman–Crippen LogP) is 0.411. The summed E-state index contributed by atoms with van der Waals surface area (Å²) in [5.41, 5.74) is 1.33. The molecule has 0 saturated carbocycles. The maximum absolute atomic E-state index is 12.5. The summed E-state index contributed by atoms with van der Waals surface area (Å²) in [6.45, 7) is 9.32. The van der Waals surface area contributed by atoms with E-state index >= 15 is 0 Å². The van der Waals surface area contributed by atoms with Crippen LogP contribution in [0.25, 0.3) is 0 Å². The predicted molar refractivity (Wildman–Crippen MR) is 74.7 cm³/mol. The van der Waals surface area contributed by atoms with Crippen molar-refractivity contribution in [3.63, 3.8) is 0 Å². The minimum atomic E-state index is 0.0606. The number of aromatic nitrogens is 1. The van der Waals surface area contributed by atoms with Gasteiger partial charge in [0.1, 0.15) is 11.3 Å². The van der Waals surface area contributed by atoms with Gasteiger partial charge in [-0.2, -0.15) is 0 Å². The zero-order valence-electron chi connectivity index (χ0n) is 12.2. The monoisotopic (exact) mass is 278 g/mol. The highest BCUT2D eigenvalue weighted by Gasteiger charge is 2.30. The fraction of sp³-hybridized carbons (Fsp3) is 0.714. The Labute approximate surface area is 119 Å². The van der Waals surface area contributed by atoms with Crippen LogP contribution in [-0.2, 0) is 0 Å². The maximum Gasteiger partial charge on any atom is 0.259 e. The third-order valence-corrected chi connectivity index (χ3v) is 4.40. The molecule has 1 aromatic heterocycles. The van der Waals surface area contributed by atoms with E-state index in [-0.39, 0.29) is 5.91 Å². The van der Waals surface area contributed by atoms with E-state index in [9.17, 15) is 4.79 Å². The Bertz CT molecular complexity index is 466. The van der Waals surface area contributed by atoms with E-state index in [1.165, 1.54) is 6.42 Å². The van der Waals surface area contributed by atoms with Gasteiger partial charge in [-0.05, 0) is 26.8 Å². The number of nitrogens with one attached hydrogen (secondary N) is 1. The van der Waals surface area contributed by atoms with E-state index in [2.05, 4.69) is 15.4 Å². The van der Waals surface area contributed by atoms with Gasteiger partial charge in [-0.1, -0.05) is 5.16 Å². The lowest BCUT2D eigenvalue weighted by molar-refractivity contribution is 0.0581. The van der Waals surface area contributed by atoms with Crippen LogP contribution >= 0.6 is 0 Å². The summed E-state index contributed by atoms with van der Waals surface area (Å²) in [7, 11) is 0. The summed E-state index contributed by atoms with van der Waals surface area (Å²) in [6.07, 6.45) is 1.22. The summed E-state index contributed by atoms with van der Waals surface area (Å²) >= 11 is 0. The highest BCUT2D eigenvalue weighted by Crippen LogP contribution is 2.18. The minimum absolute atomic E-state index is 0.0606. The van der Waals surface area contributed by atoms with Gasteiger partial charge in [0, 0.05) is 38.8 Å². The second-order valence-corrected chi connectivity index (χ2v) is 5.67. The molecule has 6 heteroatoms. The third-order valence-electron chi connectivity index (χ3n) is 4.40. The van der Waals surface area contributed by atoms with Crippen LogP contribution in [0.2, 0.25) is 0 Å². The third kappa shape index (κ3) is 2.45. The lowest BCUT2D eigenvalue weighted by Crippen LogP contribution is -2.52. The number of aryl methyl sites for hydroxylation is 2. The van der Waals surface area contributed by atoms with Gasteiger partial charge in [-0.3, -0.25) is 9.69 Å². The first kappa shape index (κ1) is 13.6. The standard InChI is InChI=1S/C14H22N4O2/c1-10-13(11(2)20-16-10)14(19)18-7-5-17(6-8-18)12-3-4-15-9-12/h12,15H,3-9H2,1-2H3. The zero-order valence-corrected chi connectivity index (χ0v) is 12.2. The van der Waals surface area contributed by atoms with Crippen molar-refractivity contribution >= 4 is 5.91 Å². The molecule has 2 fully saturated rings. The van der Waals surface area contributed by atoms with E-state index in [0.717, 1.165) is 39.3 Å². The second-order valence-electron chi connectivity index (χ2n) is 5.67. The van der Waals surface area contributed by atoms with Crippen molar-refractivity contribution in [1.82, 2.24) is 20.3 Å². The molecule has 0 bridgehead atoms. The Kier molecular flexibility index (Phi) is 3.76. The molecule has 0 spiro atoms. The molecule has 0 aromatic carbocycles. The van der Waals surface area contributed by atoms with Gasteiger partial charge in [0.05, 0.1) is 5.69 Å². The quantitative estimate of drug-likeness (QED) is 0.849. The molecule has 110 valence electrons. The first-order chi connectivity index (χ1) is 9.66. The zero-order chi connectivity index (χ0) is 14.1. The van der Waals surface area contributed by atoms with Crippen molar-refractivity contribution in [3.8, 4) is 0 Å². The first-order valence-electron chi connectivity index (χ1n) is 7.33. The highest BCUT2D eigenvalue weighted by molar-refractivity contribution is 5.96. The summed E-state index contributed by atoms with van der Waals surface area (Å²) in [4.78, 5) is 16.9. The largest absolute Gasteiger partial charge is 0.361 e. The topological polar surface area (TPSA) is 61.6 Å². The number of piperazine rings is 1. The van der Waals surface area contributed by atoms with Gasteiger partial charge < -0.3 is 14.7 Å². The molecular weight excluding hydrogens is 256 g/mol. The Balaban J connectivity index is 1.62. The van der Waals surface area contributed by atoms with Crippen molar-refractivity contribution in [3.05, 3.63) is 17.0 Å². The smallest absolute Gasteiger partial charge is 0.259 e. The van der Waals surface area contributed by atoms with Crippen LogP contribution in [0.15, 0.2) is 4.52 Å². The van der Waals surface area contributed by atoms with Crippen LogP contribution in [0.3, 0.4) is 0 Å². The minimum Gasteiger partial charge on any atom is -0.361 e. The van der Waals surface area contributed by atoms with Gasteiger partial charge in [0.25, 0.3) is 5.91 Å². The van der Waals surface area contributed by atoms with Crippen molar-refractivity contribution in [1.29, 1.82) is 0 Å². The average Bonchev–Trinajstić information content (AvgIpc) is 3.09. The molecule has 1 N–H and O–H groups in total. The fourth-order valence-electron chi connectivity index (χ4n) is 3.19. The van der Waals surface area contributed by atoms with Crippen molar-refractivity contribution in [2.45, 2.75) is 26.3 Å². The van der Waals surface area contributed by atoms with Gasteiger partial charge in [0.15, 0.2) is 0 Å². The van der Waals surface area contributed by atoms with Crippen LogP contribution in [0.4, 0.5) is 0 Å². The molecule has 2 aliphatic heterocycles. The lowest BCUT2D eigenvalue weighted by atomic mass is 10.1. The molecule has 0 aliphatic carbocycles. The lowest BCUT2D eigenvalue weighted by Gasteiger charge is -2.37. The van der Waals surface area contributed by atoms with Gasteiger partial charge in [-0.15, -0.1) is 0 Å². The number of carbonyl (C=O) groups is 1. The number of amides is 1. The van der Waals surface area contributed by atoms with E-state index in [0.29, 0.717) is 23.1 Å². The number of carbonyl (C=O) groups excluding carboxylic acids is 1. The number of hydrogen-bond donors (Lipinski definition) is 1. The Morgan fingerprint density at radius 2 is 2.05 bits per heavy atom. The van der Waals surface area contributed by atoms with Crippen molar-refractivity contribution in [2.75, 3.05) is 39.3 Å². The van der Waals surface area contributed by atoms with Crippen LogP contribution < -0.4 is 5.32 Å². The first-order valence-corrected chi connectivity index (χ1v) is 7.33. The molecule has 1 aromatic rings. The Hall–Kier alpha value is -1.40. The van der Waals surface area contributed by atoms with Gasteiger partial charge in [0.2, 0.25) is 0 Å². The van der Waals surface area contributed by atoms with E-state index in [4.69, 9.17) is 4.52 Å². The SMILES string of the molecule is Cc1noc(C)c1C(=O)N1CCN(C2CCNC2)CC1. The summed E-state index contributed by atoms with van der Waals surface area (Å²) in [5.74, 6) is 0.681. The summed E-state index contributed by atoms with van der Waals surface area (Å²) in [6, 6.07) is 0.645.